The summed E-state index contributed by atoms with van der Waals surface area (Å²) >= 11 is 0. The molecule has 2 heterocycles. The Kier molecular flexibility index (Phi) is 5.33. The first-order valence-electron chi connectivity index (χ1n) is 8.65. The first-order valence-corrected chi connectivity index (χ1v) is 8.65. The minimum Gasteiger partial charge on any atom is -0.475 e. The molecule has 0 bridgehead atoms. The molecule has 1 unspecified atom stereocenters. The highest BCUT2D eigenvalue weighted by atomic mass is 16.5. The molecular weight excluding hydrogens is 318 g/mol. The molecule has 0 aliphatic heterocycles. The van der Waals surface area contributed by atoms with E-state index in [4.69, 9.17) is 10.5 Å². The summed E-state index contributed by atoms with van der Waals surface area (Å²) in [5.74, 6) is 1.62. The molecule has 7 nitrogen and oxygen atoms in total. The molecule has 1 aliphatic carbocycles. The van der Waals surface area contributed by atoms with Gasteiger partial charge in [-0.1, -0.05) is 6.07 Å². The second kappa shape index (κ2) is 7.65. The van der Waals surface area contributed by atoms with Crippen molar-refractivity contribution in [3.05, 3.63) is 36.2 Å². The fourth-order valence-electron chi connectivity index (χ4n) is 3.05. The van der Waals surface area contributed by atoms with Crippen molar-refractivity contribution in [2.75, 3.05) is 11.1 Å². The topological polar surface area (TPSA) is 106 Å². The van der Waals surface area contributed by atoms with E-state index in [-0.39, 0.29) is 24.2 Å². The van der Waals surface area contributed by atoms with Gasteiger partial charge in [0, 0.05) is 30.4 Å². The Bertz CT molecular complexity index is 689. The van der Waals surface area contributed by atoms with Crippen LogP contribution in [0.3, 0.4) is 0 Å². The summed E-state index contributed by atoms with van der Waals surface area (Å²) in [6.07, 6.45) is 3.89. The number of aliphatic hydroxyl groups excluding tert-OH is 1. The summed E-state index contributed by atoms with van der Waals surface area (Å²) in [6, 6.07) is 7.76. The normalized spacial score (nSPS) is 20.8. The maximum atomic E-state index is 9.68. The number of anilines is 2. The number of nitrogens with two attached hydrogens (primary N) is 1. The van der Waals surface area contributed by atoms with Crippen LogP contribution in [0.4, 0.5) is 11.8 Å². The van der Waals surface area contributed by atoms with E-state index in [9.17, 15) is 5.11 Å². The molecule has 2 aromatic heterocycles. The first-order chi connectivity index (χ1) is 12.0. The number of aliphatic hydroxyl groups is 1. The van der Waals surface area contributed by atoms with Crippen molar-refractivity contribution in [2.45, 2.75) is 51.4 Å². The molecule has 0 radical (unpaired) electrons. The van der Waals surface area contributed by atoms with Gasteiger partial charge in [-0.05, 0) is 44.7 Å². The van der Waals surface area contributed by atoms with Crippen molar-refractivity contribution in [1.82, 2.24) is 15.0 Å². The lowest BCUT2D eigenvalue weighted by Crippen LogP contribution is -2.42. The maximum Gasteiger partial charge on any atom is 0.225 e. The van der Waals surface area contributed by atoms with Crippen LogP contribution in [0.1, 0.15) is 32.4 Å². The molecule has 0 saturated heterocycles. The molecule has 1 fully saturated rings. The summed E-state index contributed by atoms with van der Waals surface area (Å²) < 4.78 is 5.63. The molecule has 2 aromatic rings. The molecule has 0 aromatic carbocycles. The number of aromatic nitrogens is 3. The van der Waals surface area contributed by atoms with E-state index in [0.29, 0.717) is 17.6 Å². The molecule has 134 valence electrons. The summed E-state index contributed by atoms with van der Waals surface area (Å²) in [5, 5.41) is 13.1. The highest BCUT2D eigenvalue weighted by molar-refractivity contribution is 5.44. The van der Waals surface area contributed by atoms with Gasteiger partial charge in [0.05, 0.1) is 12.2 Å². The van der Waals surface area contributed by atoms with Gasteiger partial charge in [0.15, 0.2) is 0 Å². The van der Waals surface area contributed by atoms with Crippen LogP contribution in [0.15, 0.2) is 30.5 Å². The third-order valence-electron chi connectivity index (χ3n) is 4.28. The lowest BCUT2D eigenvalue weighted by molar-refractivity contribution is 0.0340. The van der Waals surface area contributed by atoms with Crippen molar-refractivity contribution in [3.8, 4) is 5.88 Å². The summed E-state index contributed by atoms with van der Waals surface area (Å²) in [7, 11) is 0. The van der Waals surface area contributed by atoms with Crippen molar-refractivity contribution in [2.24, 2.45) is 5.92 Å². The highest BCUT2D eigenvalue weighted by Crippen LogP contribution is 2.33. The van der Waals surface area contributed by atoms with Gasteiger partial charge in [0.25, 0.3) is 0 Å². The molecule has 3 rings (SSSR count). The Labute approximate surface area is 147 Å². The predicted molar refractivity (Wildman–Crippen MR) is 96.3 cm³/mol. The van der Waals surface area contributed by atoms with Crippen molar-refractivity contribution in [1.29, 1.82) is 0 Å². The second-order valence-corrected chi connectivity index (χ2v) is 6.78. The zero-order valence-electron chi connectivity index (χ0n) is 14.6. The number of pyridine rings is 1. The summed E-state index contributed by atoms with van der Waals surface area (Å²) in [4.78, 5) is 12.8. The number of nitrogens with one attached hydrogen (secondary N) is 1. The third kappa shape index (κ3) is 4.79. The van der Waals surface area contributed by atoms with Crippen LogP contribution in [0.25, 0.3) is 0 Å². The van der Waals surface area contributed by atoms with Crippen molar-refractivity contribution < 1.29 is 9.84 Å². The Balaban J connectivity index is 1.76. The van der Waals surface area contributed by atoms with Gasteiger partial charge in [-0.25, -0.2) is 0 Å². The molecule has 25 heavy (non-hydrogen) atoms. The monoisotopic (exact) mass is 343 g/mol. The van der Waals surface area contributed by atoms with Gasteiger partial charge < -0.3 is 20.9 Å². The van der Waals surface area contributed by atoms with Gasteiger partial charge in [-0.15, -0.1) is 0 Å². The molecule has 1 aliphatic rings. The third-order valence-corrected chi connectivity index (χ3v) is 4.28. The Morgan fingerprint density at radius 1 is 1.32 bits per heavy atom. The van der Waals surface area contributed by atoms with E-state index in [1.54, 1.807) is 12.3 Å². The van der Waals surface area contributed by atoms with E-state index in [1.807, 2.05) is 32.0 Å². The molecule has 1 saturated carbocycles. The van der Waals surface area contributed by atoms with E-state index >= 15 is 0 Å². The lowest BCUT2D eigenvalue weighted by Gasteiger charge is -2.38. The molecule has 4 N–H and O–H groups in total. The summed E-state index contributed by atoms with van der Waals surface area (Å²) in [6.45, 7) is 3.87. The summed E-state index contributed by atoms with van der Waals surface area (Å²) in [5.41, 5.74) is 6.82. The van der Waals surface area contributed by atoms with Gasteiger partial charge in [-0.2, -0.15) is 9.97 Å². The number of nitrogens with zero attached hydrogens (tertiary/aromatic N) is 3. The molecule has 0 spiro atoms. The highest BCUT2D eigenvalue weighted by Gasteiger charge is 2.34. The number of hydrogen-bond donors (Lipinski definition) is 3. The van der Waals surface area contributed by atoms with Crippen molar-refractivity contribution >= 4 is 11.8 Å². The van der Waals surface area contributed by atoms with Crippen molar-refractivity contribution in [3.63, 3.8) is 0 Å². The average molecular weight is 343 g/mol. The molecular formula is C18H25N5O2. The minimum atomic E-state index is -0.215. The minimum absolute atomic E-state index is 0.00763. The van der Waals surface area contributed by atoms with Gasteiger partial charge in [-0.3, -0.25) is 4.98 Å². The van der Waals surface area contributed by atoms with Crippen LogP contribution < -0.4 is 15.8 Å². The maximum absolute atomic E-state index is 9.68. The second-order valence-electron chi connectivity index (χ2n) is 6.78. The van der Waals surface area contributed by atoms with Crippen LogP contribution >= 0.6 is 0 Å². The van der Waals surface area contributed by atoms with E-state index in [2.05, 4.69) is 20.3 Å². The van der Waals surface area contributed by atoms with E-state index in [1.165, 1.54) is 0 Å². The van der Waals surface area contributed by atoms with E-state index < -0.39 is 0 Å². The van der Waals surface area contributed by atoms with Gasteiger partial charge >= 0.3 is 0 Å². The predicted octanol–water partition coefficient (Wildman–Crippen LogP) is 2.04. The average Bonchev–Trinajstić information content (AvgIpc) is 2.51. The van der Waals surface area contributed by atoms with Gasteiger partial charge in [0.2, 0.25) is 11.8 Å². The largest absolute Gasteiger partial charge is 0.475 e. The zero-order chi connectivity index (χ0) is 17.8. The smallest absolute Gasteiger partial charge is 0.225 e. The Morgan fingerprint density at radius 2 is 2.12 bits per heavy atom. The van der Waals surface area contributed by atoms with Crippen LogP contribution in [0.2, 0.25) is 0 Å². The number of rotatable bonds is 7. The fraction of sp³-hybridized carbons (Fsp3) is 0.500. The van der Waals surface area contributed by atoms with E-state index in [0.717, 1.165) is 25.0 Å². The molecule has 7 heteroatoms. The number of ether oxygens (including phenoxy) is 1. The van der Waals surface area contributed by atoms with Gasteiger partial charge in [0.1, 0.15) is 5.82 Å². The molecule has 1 atom stereocenters. The standard InChI is InChI=1S/C18H25N5O2/c1-11(2)25-17-10-16(22-18(19)23-17)21-15(12-7-14(24)8-12)9-13-5-3-4-6-20-13/h3-6,10-12,14-15,24H,7-9H2,1-2H3,(H3,19,21,22,23). The Morgan fingerprint density at radius 3 is 2.76 bits per heavy atom. The quantitative estimate of drug-likeness (QED) is 0.706. The van der Waals surface area contributed by atoms with Crippen LogP contribution in [0, 0.1) is 5.92 Å². The van der Waals surface area contributed by atoms with Crippen LogP contribution in [0.5, 0.6) is 5.88 Å². The SMILES string of the molecule is CC(C)Oc1cc(NC(Cc2ccccn2)C2CC(O)C2)nc(N)n1. The Hall–Kier alpha value is -2.41. The number of hydrogen-bond acceptors (Lipinski definition) is 7. The van der Waals surface area contributed by atoms with Crippen LogP contribution in [-0.4, -0.2) is 38.3 Å². The van der Waals surface area contributed by atoms with Crippen LogP contribution in [-0.2, 0) is 6.42 Å². The molecule has 0 amide bonds. The zero-order valence-corrected chi connectivity index (χ0v) is 14.6. The first kappa shape index (κ1) is 17.4. The fourth-order valence-corrected chi connectivity index (χ4v) is 3.05. The number of nitrogen functional groups attached to an aromatic ring is 1. The lowest BCUT2D eigenvalue weighted by atomic mass is 9.76.